The predicted molar refractivity (Wildman–Crippen MR) is 532 cm³/mol. The fraction of sp³-hybridized carbons (Fsp3) is 0.0744. The van der Waals surface area contributed by atoms with Crippen molar-refractivity contribution in [1.29, 1.82) is 0 Å². The molecule has 666 valence electrons. The molecule has 0 saturated heterocycles. The largest absolute Gasteiger partial charge is 0.305 e. The summed E-state index contributed by atoms with van der Waals surface area (Å²) in [6.45, 7) is -4.89. The average molecular weight is 2450 g/mol. The van der Waals surface area contributed by atoms with Gasteiger partial charge in [-0.3, -0.25) is 0 Å². The normalized spacial score (nSPS) is 12.4. The first-order chi connectivity index (χ1) is 70.1. The summed E-state index contributed by atoms with van der Waals surface area (Å²) in [7, 11) is 0. The third-order valence-corrected chi connectivity index (χ3v) is 19.6. The van der Waals surface area contributed by atoms with Crippen LogP contribution in [0.5, 0.6) is 0 Å². The molecule has 12 heteroatoms. The summed E-state index contributed by atoms with van der Waals surface area (Å²) in [6, 6.07) is 148. The van der Waals surface area contributed by atoms with Gasteiger partial charge in [-0.1, -0.05) is 258 Å². The second-order valence-electron chi connectivity index (χ2n) is 28.9. The Morgan fingerprint density at radius 3 is 0.850 bits per heavy atom. The fourth-order valence-corrected chi connectivity index (χ4v) is 12.6. The molecule has 20 aromatic rings. The Hall–Kier alpha value is -13.6. The number of aromatic nitrogens is 8. The van der Waals surface area contributed by atoms with E-state index in [0.29, 0.717) is 11.3 Å². The van der Waals surface area contributed by atoms with Crippen LogP contribution >= 0.6 is 0 Å². The molecule has 0 N–H and O–H groups in total. The van der Waals surface area contributed by atoms with Gasteiger partial charge in [0.25, 0.3) is 0 Å². The van der Waals surface area contributed by atoms with Gasteiger partial charge in [0.15, 0.2) is 0 Å². The zero-order chi connectivity index (χ0) is 104. The van der Waals surface area contributed by atoms with Crippen LogP contribution in [0.4, 0.5) is 0 Å². The van der Waals surface area contributed by atoms with Crippen molar-refractivity contribution in [1.82, 2.24) is 39.9 Å². The Morgan fingerprint density at radius 1 is 0.218 bits per heavy atom. The third-order valence-electron chi connectivity index (χ3n) is 19.6. The fourth-order valence-electron chi connectivity index (χ4n) is 12.6. The minimum atomic E-state index is -2.75. The molecule has 0 aliphatic heterocycles. The molecule has 8 aromatic heterocycles. The van der Waals surface area contributed by atoms with Crippen molar-refractivity contribution in [2.75, 3.05) is 0 Å². The van der Waals surface area contributed by atoms with E-state index in [1.54, 1.807) is 85.1 Å². The van der Waals surface area contributed by atoms with Crippen molar-refractivity contribution < 1.29 is 104 Å². The SMILES string of the molecule is Cc1ccc(-c2[c-]cc(-c3ccccc3)cc2)nc1.Cc1cnc(-c2[c-]cc(-c3ccccc3)cc2)cc1C.[2H]C([2H])([2H])C([2H])([2H])c1ccnc(-c2[c-]ccc(-c3ccccc3)c2)c1.[2H]C([2H])([2H])c1ccc(-c2[c-]cccc2)nc1.[2H]C([2H])([2H])c1ccc(-c2[c-]cccc2)nc1.[2H]C([2H])([2H])c1ccc(-c2[c-]cccc2)nc1.[2H]C([2H])([2H])c1ccc(-c2[c-]cccc2)nc1.[Ir].[Ir].[Ir].[Ir].[c-]1cc(-c2ccccc2)ccc1-c1ccccn1. The van der Waals surface area contributed by atoms with Crippen molar-refractivity contribution in [2.24, 2.45) is 0 Å². The maximum Gasteiger partial charge on any atom is 0.0313 e. The van der Waals surface area contributed by atoms with Crippen molar-refractivity contribution >= 4 is 0 Å². The number of aryl methyl sites for hydroxylation is 8. The molecule has 20 rings (SSSR count). The number of hydrogen-bond acceptors (Lipinski definition) is 8. The Kier molecular flexibility index (Phi) is 33.6. The quantitative estimate of drug-likeness (QED) is 0.105. The number of benzene rings is 12. The van der Waals surface area contributed by atoms with Gasteiger partial charge in [-0.2, -0.15) is 0 Å². The van der Waals surface area contributed by atoms with Crippen molar-refractivity contribution in [3.8, 4) is 135 Å². The van der Waals surface area contributed by atoms with E-state index in [2.05, 4.69) is 187 Å². The van der Waals surface area contributed by atoms with Crippen molar-refractivity contribution in [3.63, 3.8) is 0 Å². The maximum atomic E-state index is 7.92. The molecule has 0 saturated carbocycles. The number of pyridine rings is 8. The van der Waals surface area contributed by atoms with E-state index >= 15 is 0 Å². The molecular weight excluding hydrogens is 2330 g/mol. The van der Waals surface area contributed by atoms with Gasteiger partial charge in [0, 0.05) is 153 Å². The molecule has 0 fully saturated rings. The molecule has 12 aromatic carbocycles. The first-order valence-corrected chi connectivity index (χ1v) is 41.4. The molecule has 0 unspecified atom stereocenters. The van der Waals surface area contributed by atoms with Gasteiger partial charge in [-0.05, 0) is 151 Å². The number of nitrogens with zero attached hydrogens (tertiary/aromatic N) is 8. The van der Waals surface area contributed by atoms with E-state index in [4.69, 9.17) is 23.3 Å². The van der Waals surface area contributed by atoms with Crippen molar-refractivity contribution in [2.45, 2.75) is 61.4 Å². The van der Waals surface area contributed by atoms with Gasteiger partial charge >= 0.3 is 0 Å². The van der Waals surface area contributed by atoms with Crippen LogP contribution < -0.4 is 0 Å². The van der Waals surface area contributed by atoms with Crippen LogP contribution in [0.3, 0.4) is 0 Å². The van der Waals surface area contributed by atoms with Gasteiger partial charge in [-0.25, -0.2) is 0 Å². The Balaban J connectivity index is 0.000000190. The minimum Gasteiger partial charge on any atom is -0.305 e. The number of hydrogen-bond donors (Lipinski definition) is 0. The van der Waals surface area contributed by atoms with E-state index in [0.717, 1.165) is 89.9 Å². The van der Waals surface area contributed by atoms with Gasteiger partial charge < -0.3 is 39.9 Å². The molecule has 4 radical (unpaired) electrons. The third kappa shape index (κ3) is 32.7. The average Bonchev–Trinajstić information content (AvgIpc) is 0.781. The molecule has 0 amide bonds. The van der Waals surface area contributed by atoms with Crippen LogP contribution in [0, 0.1) is 96.7 Å². The van der Waals surface area contributed by atoms with Crippen LogP contribution in [0.2, 0.25) is 0 Å². The van der Waals surface area contributed by atoms with E-state index in [1.807, 2.05) is 232 Å². The van der Waals surface area contributed by atoms with Crippen LogP contribution in [0.1, 0.15) is 74.7 Å². The molecule has 0 aliphatic carbocycles. The molecule has 8 nitrogen and oxygen atoms in total. The summed E-state index contributed by atoms with van der Waals surface area (Å²) in [5, 5.41) is 0. The van der Waals surface area contributed by atoms with Crippen LogP contribution in [0.25, 0.3) is 135 Å². The summed E-state index contributed by atoms with van der Waals surface area (Å²) in [4.78, 5) is 34.0. The summed E-state index contributed by atoms with van der Waals surface area (Å²) in [5.41, 5.74) is 27.5. The van der Waals surface area contributed by atoms with E-state index < -0.39 is 40.6 Å². The topological polar surface area (TPSA) is 103 Å². The monoisotopic (exact) mass is 2450 g/mol. The van der Waals surface area contributed by atoms with Crippen LogP contribution in [0.15, 0.2) is 438 Å². The second-order valence-corrected chi connectivity index (χ2v) is 28.9. The van der Waals surface area contributed by atoms with Crippen LogP contribution in [-0.4, -0.2) is 39.9 Å². The van der Waals surface area contributed by atoms with Gasteiger partial charge in [0.05, 0.1) is 0 Å². The smallest absolute Gasteiger partial charge is 0.0313 e. The summed E-state index contributed by atoms with van der Waals surface area (Å²) in [6.07, 6.45) is 10.2. The Bertz CT molecular complexity index is 6960. The predicted octanol–water partition coefficient (Wildman–Crippen LogP) is 29.8. The van der Waals surface area contributed by atoms with Gasteiger partial charge in [0.1, 0.15) is 0 Å². The molecular formula is C121H98Ir4N8-8. The Labute approximate surface area is 863 Å². The molecule has 8 heterocycles. The van der Waals surface area contributed by atoms with Crippen LogP contribution in [-0.2, 0) is 86.8 Å². The first kappa shape index (κ1) is 80.3. The minimum absolute atomic E-state index is 0. The number of rotatable bonds is 13. The second kappa shape index (κ2) is 55.6. The summed E-state index contributed by atoms with van der Waals surface area (Å²) >= 11 is 0. The summed E-state index contributed by atoms with van der Waals surface area (Å²) < 4.78 is 125. The van der Waals surface area contributed by atoms with Gasteiger partial charge in [-0.15, -0.1) is 268 Å². The van der Waals surface area contributed by atoms with E-state index in [-0.39, 0.29) is 108 Å². The zero-order valence-corrected chi connectivity index (χ0v) is 82.1. The van der Waals surface area contributed by atoms with E-state index in [9.17, 15) is 0 Å². The van der Waals surface area contributed by atoms with Crippen molar-refractivity contribution in [3.05, 3.63) is 531 Å². The standard InChI is InChI=1S/2C19H16N.C18H14N.C17H12N.4C12H10N.4Ir/c1-14-12-19(20-13-15(14)2)18-10-8-17(9-11-18)16-6-4-3-5-7-16;1-2-15-11-12-20-19(13-15)18-10-6-9-17(14-18)16-7-4-3-5-8-16;1-14-7-12-18(19-13-14)17-10-8-16(9-11-17)15-5-3-2-4-6-15;1-2-6-14(7-3-1)15-9-11-16(12-10-15)17-8-4-5-13-18-17;4*1-10-7-8-12(13-9-10)11-5-3-2-4-6-11;;;;/h3-10,12-13H,1-2H3;3-9,11-14H,2H2,1H3;2-10,12-13H,1H3;1-11,13H;4*2-5,7-9H,1H3;;;;/q8*-1;;;;/i;1D3,2D2;;;4*1D3;;;;. The Morgan fingerprint density at radius 2 is 0.534 bits per heavy atom. The molecule has 0 spiro atoms. The molecule has 0 atom stereocenters. The first-order valence-electron chi connectivity index (χ1n) is 49.9. The molecule has 133 heavy (non-hydrogen) atoms. The summed E-state index contributed by atoms with van der Waals surface area (Å²) in [5.74, 6) is 0. The van der Waals surface area contributed by atoms with E-state index in [1.165, 1.54) is 93.2 Å². The molecule has 0 bridgehead atoms. The maximum absolute atomic E-state index is 7.92. The van der Waals surface area contributed by atoms with Gasteiger partial charge in [0.2, 0.25) is 0 Å². The zero-order valence-electron chi connectivity index (χ0n) is 89.5. The molecule has 0 aliphatic rings.